The van der Waals surface area contributed by atoms with Crippen LogP contribution in [0.15, 0.2) is 48.5 Å². The molecule has 0 aliphatic heterocycles. The second kappa shape index (κ2) is 7.61. The highest BCUT2D eigenvalue weighted by Crippen LogP contribution is 2.29. The van der Waals surface area contributed by atoms with E-state index in [-0.39, 0.29) is 11.5 Å². The van der Waals surface area contributed by atoms with Crippen LogP contribution in [0.5, 0.6) is 0 Å². The topological polar surface area (TPSA) is 66.4 Å². The third kappa shape index (κ3) is 4.09. The smallest absolute Gasteiger partial charge is 0.335 e. The number of hydrogen-bond acceptors (Lipinski definition) is 2. The van der Waals surface area contributed by atoms with Crippen LogP contribution in [-0.2, 0) is 4.79 Å². The van der Waals surface area contributed by atoms with Gasteiger partial charge in [-0.1, -0.05) is 36.4 Å². The number of rotatable bonds is 6. The number of amides is 1. The molecule has 0 spiro atoms. The standard InChI is InChI=1S/C17H16ClNO3/c18-10-4-7-16(20)19-15-11-13(17(21)22)8-9-14(15)12-5-2-1-3-6-12/h1-3,5-6,8-9,11H,4,7,10H2,(H,19,20)(H,21,22). The minimum Gasteiger partial charge on any atom is -0.478 e. The van der Waals surface area contributed by atoms with Crippen molar-refractivity contribution in [1.29, 1.82) is 0 Å². The Balaban J connectivity index is 2.36. The van der Waals surface area contributed by atoms with E-state index >= 15 is 0 Å². The van der Waals surface area contributed by atoms with Gasteiger partial charge in [0.2, 0.25) is 5.91 Å². The van der Waals surface area contributed by atoms with Crippen LogP contribution < -0.4 is 5.32 Å². The molecule has 4 nitrogen and oxygen atoms in total. The number of nitrogens with one attached hydrogen (secondary N) is 1. The minimum absolute atomic E-state index is 0.132. The summed E-state index contributed by atoms with van der Waals surface area (Å²) >= 11 is 5.58. The lowest BCUT2D eigenvalue weighted by molar-refractivity contribution is -0.116. The number of halogens is 1. The van der Waals surface area contributed by atoms with Gasteiger partial charge in [-0.05, 0) is 24.1 Å². The predicted octanol–water partition coefficient (Wildman–Crippen LogP) is 4.01. The molecule has 2 rings (SSSR count). The second-order valence-corrected chi connectivity index (χ2v) is 5.15. The lowest BCUT2D eigenvalue weighted by Crippen LogP contribution is -2.13. The number of carboxylic acid groups (broad SMARTS) is 1. The molecule has 1 amide bonds. The summed E-state index contributed by atoms with van der Waals surface area (Å²) in [6, 6.07) is 14.2. The van der Waals surface area contributed by atoms with Gasteiger partial charge in [0.1, 0.15) is 0 Å². The van der Waals surface area contributed by atoms with Gasteiger partial charge in [-0.25, -0.2) is 4.79 Å². The molecule has 5 heteroatoms. The van der Waals surface area contributed by atoms with Crippen molar-refractivity contribution in [3.8, 4) is 11.1 Å². The fraction of sp³-hybridized carbons (Fsp3) is 0.176. The van der Waals surface area contributed by atoms with Crippen LogP contribution in [0.25, 0.3) is 11.1 Å². The summed E-state index contributed by atoms with van der Waals surface area (Å²) in [5.41, 5.74) is 2.31. The predicted molar refractivity (Wildman–Crippen MR) is 87.4 cm³/mol. The molecular weight excluding hydrogens is 302 g/mol. The van der Waals surface area contributed by atoms with Crippen LogP contribution in [0.3, 0.4) is 0 Å². The molecule has 0 atom stereocenters. The SMILES string of the molecule is O=C(CCCCl)Nc1cc(C(=O)O)ccc1-c1ccccc1. The van der Waals surface area contributed by atoms with Gasteiger partial charge in [-0.15, -0.1) is 11.6 Å². The molecule has 22 heavy (non-hydrogen) atoms. The first kappa shape index (κ1) is 16.0. The van der Waals surface area contributed by atoms with Crippen LogP contribution in [-0.4, -0.2) is 22.9 Å². The maximum atomic E-state index is 11.9. The van der Waals surface area contributed by atoms with E-state index in [1.54, 1.807) is 6.07 Å². The Morgan fingerprint density at radius 3 is 2.45 bits per heavy atom. The van der Waals surface area contributed by atoms with E-state index in [0.29, 0.717) is 24.4 Å². The zero-order chi connectivity index (χ0) is 15.9. The van der Waals surface area contributed by atoms with E-state index in [2.05, 4.69) is 5.32 Å². The molecule has 0 aliphatic rings. The van der Waals surface area contributed by atoms with Gasteiger partial charge in [0.15, 0.2) is 0 Å². The highest BCUT2D eigenvalue weighted by molar-refractivity contribution is 6.18. The lowest BCUT2D eigenvalue weighted by Gasteiger charge is -2.12. The molecule has 0 aromatic heterocycles. The van der Waals surface area contributed by atoms with Crippen molar-refractivity contribution in [1.82, 2.24) is 0 Å². The van der Waals surface area contributed by atoms with E-state index in [9.17, 15) is 9.59 Å². The molecule has 0 aliphatic carbocycles. The number of aromatic carboxylic acids is 1. The fourth-order valence-corrected chi connectivity index (χ4v) is 2.22. The van der Waals surface area contributed by atoms with Crippen LogP contribution in [0.1, 0.15) is 23.2 Å². The maximum absolute atomic E-state index is 11.9. The van der Waals surface area contributed by atoms with Crippen molar-refractivity contribution in [2.45, 2.75) is 12.8 Å². The quantitative estimate of drug-likeness (QED) is 0.791. The molecule has 0 bridgehead atoms. The molecule has 2 aromatic rings. The van der Waals surface area contributed by atoms with Crippen LogP contribution in [0.2, 0.25) is 0 Å². The van der Waals surface area contributed by atoms with Gasteiger partial charge in [-0.3, -0.25) is 4.79 Å². The Morgan fingerprint density at radius 2 is 1.82 bits per heavy atom. The highest BCUT2D eigenvalue weighted by Gasteiger charge is 2.12. The fourth-order valence-electron chi connectivity index (χ4n) is 2.09. The maximum Gasteiger partial charge on any atom is 0.335 e. The number of anilines is 1. The summed E-state index contributed by atoms with van der Waals surface area (Å²) < 4.78 is 0. The number of alkyl halides is 1. The van der Waals surface area contributed by atoms with Crippen molar-refractivity contribution >= 4 is 29.2 Å². The monoisotopic (exact) mass is 317 g/mol. The molecule has 0 saturated carbocycles. The Hall–Kier alpha value is -2.33. The zero-order valence-corrected chi connectivity index (χ0v) is 12.6. The van der Waals surface area contributed by atoms with Gasteiger partial charge < -0.3 is 10.4 Å². The van der Waals surface area contributed by atoms with E-state index < -0.39 is 5.97 Å². The van der Waals surface area contributed by atoms with Crippen LogP contribution in [0.4, 0.5) is 5.69 Å². The summed E-state index contributed by atoms with van der Waals surface area (Å²) in [6.07, 6.45) is 0.877. The molecule has 2 aromatic carbocycles. The molecule has 0 saturated heterocycles. The summed E-state index contributed by atoms with van der Waals surface area (Å²) in [4.78, 5) is 23.0. The Labute approximate surface area is 133 Å². The van der Waals surface area contributed by atoms with Gasteiger partial charge in [0, 0.05) is 23.6 Å². The van der Waals surface area contributed by atoms with Crippen LogP contribution in [0, 0.1) is 0 Å². The lowest BCUT2D eigenvalue weighted by atomic mass is 10.0. The van der Waals surface area contributed by atoms with Crippen molar-refractivity contribution in [3.05, 3.63) is 54.1 Å². The largest absolute Gasteiger partial charge is 0.478 e. The first-order valence-corrected chi connectivity index (χ1v) is 7.44. The average molecular weight is 318 g/mol. The Kier molecular flexibility index (Phi) is 5.55. The summed E-state index contributed by atoms with van der Waals surface area (Å²) in [6.45, 7) is 0. The normalized spacial score (nSPS) is 10.2. The second-order valence-electron chi connectivity index (χ2n) is 4.77. The first-order chi connectivity index (χ1) is 10.6. The number of carbonyl (C=O) groups excluding carboxylic acids is 1. The number of hydrogen-bond donors (Lipinski definition) is 2. The van der Waals surface area contributed by atoms with Crippen molar-refractivity contribution in [2.24, 2.45) is 0 Å². The molecule has 0 radical (unpaired) electrons. The third-order valence-electron chi connectivity index (χ3n) is 3.16. The zero-order valence-electron chi connectivity index (χ0n) is 11.9. The van der Waals surface area contributed by atoms with E-state index in [1.165, 1.54) is 12.1 Å². The summed E-state index contributed by atoms with van der Waals surface area (Å²) in [5, 5.41) is 11.9. The molecular formula is C17H16ClNO3. The van der Waals surface area contributed by atoms with Gasteiger partial charge in [-0.2, -0.15) is 0 Å². The summed E-state index contributed by atoms with van der Waals surface area (Å²) in [5.74, 6) is -0.801. The Bertz CT molecular complexity index is 671. The molecule has 0 fully saturated rings. The van der Waals surface area contributed by atoms with Gasteiger partial charge in [0.05, 0.1) is 5.56 Å². The number of carboxylic acids is 1. The highest BCUT2D eigenvalue weighted by atomic mass is 35.5. The summed E-state index contributed by atoms with van der Waals surface area (Å²) in [7, 11) is 0. The van der Waals surface area contributed by atoms with Crippen molar-refractivity contribution in [3.63, 3.8) is 0 Å². The number of benzene rings is 2. The third-order valence-corrected chi connectivity index (χ3v) is 3.43. The Morgan fingerprint density at radius 1 is 1.09 bits per heavy atom. The van der Waals surface area contributed by atoms with E-state index in [1.807, 2.05) is 30.3 Å². The molecule has 0 heterocycles. The van der Waals surface area contributed by atoms with Crippen molar-refractivity contribution in [2.75, 3.05) is 11.2 Å². The van der Waals surface area contributed by atoms with E-state index in [0.717, 1.165) is 11.1 Å². The molecule has 114 valence electrons. The minimum atomic E-state index is -1.03. The van der Waals surface area contributed by atoms with Gasteiger partial charge >= 0.3 is 5.97 Å². The molecule has 2 N–H and O–H groups in total. The van der Waals surface area contributed by atoms with Crippen molar-refractivity contribution < 1.29 is 14.7 Å². The number of carbonyl (C=O) groups is 2. The van der Waals surface area contributed by atoms with Crippen LogP contribution >= 0.6 is 11.6 Å². The van der Waals surface area contributed by atoms with E-state index in [4.69, 9.17) is 16.7 Å². The average Bonchev–Trinajstić information content (AvgIpc) is 2.53. The first-order valence-electron chi connectivity index (χ1n) is 6.90. The van der Waals surface area contributed by atoms with Gasteiger partial charge in [0.25, 0.3) is 0 Å². The molecule has 0 unspecified atom stereocenters.